The fraction of sp³-hybridized carbons (Fsp3) is 0.200. The Morgan fingerprint density at radius 3 is 2.76 bits per heavy atom. The van der Waals surface area contributed by atoms with Crippen molar-refractivity contribution in [2.75, 3.05) is 18.4 Å². The zero-order chi connectivity index (χ0) is 11.4. The van der Waals surface area contributed by atoms with Crippen molar-refractivity contribution >= 4 is 41.7 Å². The van der Waals surface area contributed by atoms with Crippen LogP contribution in [0, 0.1) is 0 Å². The number of nitrogens with zero attached hydrogens (tertiary/aromatic N) is 1. The standard InChI is InChI=1S/C10H11ClN4O.ClH/c11-7-3-1-2-4-8(7)14-10(16)15-9-12-5-6-13-9;/h1-4H,5-6H2,(H3,12,13,14,15,16);1H. The molecule has 92 valence electrons. The maximum Gasteiger partial charge on any atom is 0.326 e. The highest BCUT2D eigenvalue weighted by atomic mass is 35.5. The Labute approximate surface area is 110 Å². The molecule has 1 aliphatic heterocycles. The van der Waals surface area contributed by atoms with E-state index in [0.717, 1.165) is 6.54 Å². The molecule has 0 bridgehead atoms. The lowest BCUT2D eigenvalue weighted by Gasteiger charge is -2.08. The number of aliphatic imine (C=N–C) groups is 1. The van der Waals surface area contributed by atoms with Crippen LogP contribution in [0.15, 0.2) is 29.3 Å². The summed E-state index contributed by atoms with van der Waals surface area (Å²) in [6, 6.07) is 6.68. The van der Waals surface area contributed by atoms with Gasteiger partial charge in [-0.1, -0.05) is 23.7 Å². The normalized spacial score (nSPS) is 13.1. The van der Waals surface area contributed by atoms with Crippen LogP contribution in [-0.4, -0.2) is 25.1 Å². The molecule has 3 N–H and O–H groups in total. The van der Waals surface area contributed by atoms with Crippen LogP contribution in [0.1, 0.15) is 0 Å². The van der Waals surface area contributed by atoms with E-state index in [1.54, 1.807) is 24.3 Å². The quantitative estimate of drug-likeness (QED) is 0.732. The van der Waals surface area contributed by atoms with Crippen LogP contribution < -0.4 is 16.0 Å². The number of benzene rings is 1. The molecule has 7 heteroatoms. The highest BCUT2D eigenvalue weighted by Crippen LogP contribution is 2.19. The summed E-state index contributed by atoms with van der Waals surface area (Å²) in [5.74, 6) is 0.490. The number of carbonyl (C=O) groups is 1. The summed E-state index contributed by atoms with van der Waals surface area (Å²) in [5.41, 5.74) is 0.570. The molecule has 1 aromatic carbocycles. The lowest BCUT2D eigenvalue weighted by Crippen LogP contribution is -2.40. The van der Waals surface area contributed by atoms with Crippen molar-refractivity contribution in [2.24, 2.45) is 4.99 Å². The average molecular weight is 275 g/mol. The van der Waals surface area contributed by atoms with Crippen LogP contribution in [0.25, 0.3) is 0 Å². The highest BCUT2D eigenvalue weighted by molar-refractivity contribution is 6.33. The van der Waals surface area contributed by atoms with E-state index >= 15 is 0 Å². The number of anilines is 1. The van der Waals surface area contributed by atoms with E-state index in [0.29, 0.717) is 23.2 Å². The molecule has 0 aliphatic carbocycles. The number of urea groups is 1. The van der Waals surface area contributed by atoms with Crippen LogP contribution in [0.3, 0.4) is 0 Å². The number of guanidine groups is 1. The number of rotatable bonds is 1. The number of hydrogen-bond donors (Lipinski definition) is 3. The van der Waals surface area contributed by atoms with E-state index < -0.39 is 0 Å². The number of para-hydroxylation sites is 1. The molecule has 0 radical (unpaired) electrons. The third-order valence-corrected chi connectivity index (χ3v) is 2.36. The minimum Gasteiger partial charge on any atom is -0.354 e. The van der Waals surface area contributed by atoms with Gasteiger partial charge in [0.05, 0.1) is 17.3 Å². The summed E-state index contributed by atoms with van der Waals surface area (Å²) in [4.78, 5) is 15.6. The maximum absolute atomic E-state index is 11.5. The summed E-state index contributed by atoms with van der Waals surface area (Å²) in [5, 5.41) is 8.65. The third kappa shape index (κ3) is 3.80. The molecule has 0 fully saturated rings. The van der Waals surface area contributed by atoms with Crippen molar-refractivity contribution in [1.82, 2.24) is 10.6 Å². The van der Waals surface area contributed by atoms with Gasteiger partial charge < -0.3 is 10.6 Å². The van der Waals surface area contributed by atoms with Gasteiger partial charge in [0.1, 0.15) is 0 Å². The topological polar surface area (TPSA) is 65.5 Å². The fourth-order valence-electron chi connectivity index (χ4n) is 1.31. The van der Waals surface area contributed by atoms with Gasteiger partial charge >= 0.3 is 6.03 Å². The van der Waals surface area contributed by atoms with Crippen molar-refractivity contribution < 1.29 is 4.79 Å². The molecule has 17 heavy (non-hydrogen) atoms. The molecule has 2 amide bonds. The summed E-state index contributed by atoms with van der Waals surface area (Å²) in [6.45, 7) is 1.43. The van der Waals surface area contributed by atoms with Crippen LogP contribution in [0.5, 0.6) is 0 Å². The summed E-state index contributed by atoms with van der Waals surface area (Å²) in [6.07, 6.45) is 0. The van der Waals surface area contributed by atoms with Crippen molar-refractivity contribution in [2.45, 2.75) is 0 Å². The summed E-state index contributed by atoms with van der Waals surface area (Å²) in [7, 11) is 0. The van der Waals surface area contributed by atoms with E-state index in [-0.39, 0.29) is 18.4 Å². The molecule has 0 saturated heterocycles. The SMILES string of the molecule is Cl.O=C(NC1=NCCN1)Nc1ccccc1Cl. The van der Waals surface area contributed by atoms with Gasteiger partial charge in [-0.15, -0.1) is 12.4 Å². The van der Waals surface area contributed by atoms with Gasteiger partial charge in [-0.05, 0) is 12.1 Å². The van der Waals surface area contributed by atoms with E-state index in [1.807, 2.05) is 0 Å². The molecular weight excluding hydrogens is 263 g/mol. The van der Waals surface area contributed by atoms with E-state index in [9.17, 15) is 4.79 Å². The number of nitrogens with one attached hydrogen (secondary N) is 3. The molecule has 0 saturated carbocycles. The number of halogens is 2. The molecule has 1 heterocycles. The van der Waals surface area contributed by atoms with Crippen LogP contribution in [0.4, 0.5) is 10.5 Å². The molecule has 0 aromatic heterocycles. The highest BCUT2D eigenvalue weighted by Gasteiger charge is 2.09. The van der Waals surface area contributed by atoms with E-state index in [1.165, 1.54) is 0 Å². The monoisotopic (exact) mass is 274 g/mol. The summed E-state index contributed by atoms with van der Waals surface area (Å²) >= 11 is 5.90. The predicted octanol–water partition coefficient (Wildman–Crippen LogP) is 1.84. The molecule has 1 aromatic rings. The van der Waals surface area contributed by atoms with Gasteiger partial charge in [-0.25, -0.2) is 4.79 Å². The van der Waals surface area contributed by atoms with Crippen molar-refractivity contribution in [1.29, 1.82) is 0 Å². The minimum absolute atomic E-state index is 0. The smallest absolute Gasteiger partial charge is 0.326 e. The second-order valence-electron chi connectivity index (χ2n) is 3.22. The average Bonchev–Trinajstić information content (AvgIpc) is 2.74. The zero-order valence-electron chi connectivity index (χ0n) is 8.87. The Morgan fingerprint density at radius 1 is 1.35 bits per heavy atom. The lowest BCUT2D eigenvalue weighted by atomic mass is 10.3. The van der Waals surface area contributed by atoms with Crippen LogP contribution >= 0.6 is 24.0 Å². The number of amides is 2. The van der Waals surface area contributed by atoms with Gasteiger partial charge in [-0.2, -0.15) is 0 Å². The van der Waals surface area contributed by atoms with Crippen molar-refractivity contribution in [3.8, 4) is 0 Å². The molecular formula is C10H12Cl2N4O. The second kappa shape index (κ2) is 6.32. The van der Waals surface area contributed by atoms with Gasteiger partial charge in [0.25, 0.3) is 0 Å². The second-order valence-corrected chi connectivity index (χ2v) is 3.62. The Morgan fingerprint density at radius 2 is 2.12 bits per heavy atom. The Bertz CT molecular complexity index is 436. The van der Waals surface area contributed by atoms with Crippen molar-refractivity contribution in [3.63, 3.8) is 0 Å². The summed E-state index contributed by atoms with van der Waals surface area (Å²) < 4.78 is 0. The van der Waals surface area contributed by atoms with Gasteiger partial charge in [0.15, 0.2) is 5.96 Å². The molecule has 0 atom stereocenters. The largest absolute Gasteiger partial charge is 0.354 e. The first-order chi connectivity index (χ1) is 7.75. The lowest BCUT2D eigenvalue weighted by molar-refractivity contribution is 0.256. The number of carbonyl (C=O) groups excluding carboxylic acids is 1. The minimum atomic E-state index is -0.360. The first kappa shape index (κ1) is 13.6. The Kier molecular flexibility index (Phi) is 5.06. The first-order valence-corrected chi connectivity index (χ1v) is 5.24. The van der Waals surface area contributed by atoms with Crippen molar-refractivity contribution in [3.05, 3.63) is 29.3 Å². The van der Waals surface area contributed by atoms with Gasteiger partial charge in [0, 0.05) is 6.54 Å². The van der Waals surface area contributed by atoms with E-state index in [2.05, 4.69) is 20.9 Å². The first-order valence-electron chi connectivity index (χ1n) is 4.86. The Hall–Kier alpha value is -1.46. The van der Waals surface area contributed by atoms with Crippen LogP contribution in [0.2, 0.25) is 5.02 Å². The van der Waals surface area contributed by atoms with E-state index in [4.69, 9.17) is 11.6 Å². The predicted molar refractivity (Wildman–Crippen MR) is 71.2 cm³/mol. The molecule has 0 unspecified atom stereocenters. The molecule has 1 aliphatic rings. The molecule has 0 spiro atoms. The van der Waals surface area contributed by atoms with Gasteiger partial charge in [0.2, 0.25) is 0 Å². The maximum atomic E-state index is 11.5. The molecule has 5 nitrogen and oxygen atoms in total. The zero-order valence-corrected chi connectivity index (χ0v) is 10.4. The van der Waals surface area contributed by atoms with Gasteiger partial charge in [-0.3, -0.25) is 10.3 Å². The molecule has 2 rings (SSSR count). The van der Waals surface area contributed by atoms with Crippen LogP contribution in [-0.2, 0) is 0 Å². The fourth-order valence-corrected chi connectivity index (χ4v) is 1.49. The Balaban J connectivity index is 0.00000144. The number of hydrogen-bond acceptors (Lipinski definition) is 3. The third-order valence-electron chi connectivity index (χ3n) is 2.03.